The number of nitriles is 1. The quantitative estimate of drug-likeness (QED) is 0.207. The number of aliphatic imine (C=N–C) groups is 1. The second kappa shape index (κ2) is 10.1. The van der Waals surface area contributed by atoms with Crippen molar-refractivity contribution in [2.75, 3.05) is 0 Å². The normalized spacial score (nSPS) is 11.4. The van der Waals surface area contributed by atoms with Crippen LogP contribution in [0.15, 0.2) is 75.5 Å². The lowest BCUT2D eigenvalue weighted by atomic mass is 10.1. The summed E-state index contributed by atoms with van der Waals surface area (Å²) in [7, 11) is 0. The summed E-state index contributed by atoms with van der Waals surface area (Å²) in [6.07, 6.45) is 3.29. The molecule has 120 valence electrons. The van der Waals surface area contributed by atoms with Crippen LogP contribution in [0.25, 0.3) is 0 Å². The van der Waals surface area contributed by atoms with E-state index in [0.717, 1.165) is 15.8 Å². The highest BCUT2D eigenvalue weighted by molar-refractivity contribution is 9.10. The molecule has 0 amide bonds. The third kappa shape index (κ3) is 6.36. The summed E-state index contributed by atoms with van der Waals surface area (Å²) in [5.74, 6) is 0.634. The van der Waals surface area contributed by atoms with Gasteiger partial charge in [-0.2, -0.15) is 10.3 Å². The lowest BCUT2D eigenvalue weighted by Crippen LogP contribution is -1.93. The Kier molecular flexibility index (Phi) is 7.83. The first-order valence-corrected chi connectivity index (χ1v) is 9.61. The van der Waals surface area contributed by atoms with Crippen LogP contribution in [-0.2, 0) is 5.75 Å². The Morgan fingerprint density at radius 3 is 2.71 bits per heavy atom. The van der Waals surface area contributed by atoms with Gasteiger partial charge in [-0.3, -0.25) is 4.79 Å². The number of allylic oxidation sites excluding steroid dienone is 1. The first kappa shape index (κ1) is 18.5. The van der Waals surface area contributed by atoms with Crippen LogP contribution in [0.4, 0.5) is 0 Å². The Labute approximate surface area is 158 Å². The first-order chi connectivity index (χ1) is 11.7. The molecule has 0 aliphatic heterocycles. The number of thioether (sulfide) groups is 2. The zero-order valence-electron chi connectivity index (χ0n) is 12.6. The van der Waals surface area contributed by atoms with Crippen molar-refractivity contribution in [3.05, 3.63) is 81.7 Å². The van der Waals surface area contributed by atoms with Crippen molar-refractivity contribution in [2.45, 2.75) is 5.75 Å². The van der Waals surface area contributed by atoms with Gasteiger partial charge in [0.2, 0.25) is 6.19 Å². The van der Waals surface area contributed by atoms with E-state index in [2.05, 4.69) is 20.9 Å². The van der Waals surface area contributed by atoms with Gasteiger partial charge < -0.3 is 0 Å². The molecule has 2 aromatic rings. The molecule has 0 bridgehead atoms. The average Bonchev–Trinajstić information content (AvgIpc) is 2.60. The van der Waals surface area contributed by atoms with Gasteiger partial charge in [0.15, 0.2) is 5.78 Å². The molecule has 0 heterocycles. The Morgan fingerprint density at radius 2 is 2.00 bits per heavy atom. The SMILES string of the molecule is N#CN=C(S/C=C/C(=O)c1cccc(Br)c1)SCc1ccccc1. The second-order valence-electron chi connectivity index (χ2n) is 4.55. The summed E-state index contributed by atoms with van der Waals surface area (Å²) in [6.45, 7) is 0. The molecule has 0 aliphatic carbocycles. The van der Waals surface area contributed by atoms with Gasteiger partial charge in [0.05, 0.1) is 0 Å². The summed E-state index contributed by atoms with van der Waals surface area (Å²) in [5.41, 5.74) is 1.76. The Morgan fingerprint density at radius 1 is 1.21 bits per heavy atom. The van der Waals surface area contributed by atoms with Crippen molar-refractivity contribution >= 4 is 49.6 Å². The number of hydrogen-bond acceptors (Lipinski definition) is 5. The minimum Gasteiger partial charge on any atom is -0.289 e. The van der Waals surface area contributed by atoms with Crippen molar-refractivity contribution in [2.24, 2.45) is 4.99 Å². The van der Waals surface area contributed by atoms with Crippen molar-refractivity contribution in [3.8, 4) is 6.19 Å². The van der Waals surface area contributed by atoms with Gasteiger partial charge in [0.1, 0.15) is 4.38 Å². The molecule has 0 aromatic heterocycles. The molecule has 3 nitrogen and oxygen atoms in total. The number of carbonyl (C=O) groups excluding carboxylic acids is 1. The summed E-state index contributed by atoms with van der Waals surface area (Å²) < 4.78 is 1.47. The van der Waals surface area contributed by atoms with E-state index < -0.39 is 0 Å². The molecule has 0 fully saturated rings. The van der Waals surface area contributed by atoms with Crippen molar-refractivity contribution in [1.29, 1.82) is 5.26 Å². The highest BCUT2D eigenvalue weighted by Crippen LogP contribution is 2.23. The molecule has 0 radical (unpaired) electrons. The van der Waals surface area contributed by atoms with Gasteiger partial charge in [-0.05, 0) is 29.2 Å². The number of ketones is 1. The van der Waals surface area contributed by atoms with Crippen LogP contribution >= 0.6 is 39.5 Å². The van der Waals surface area contributed by atoms with Crippen LogP contribution in [0, 0.1) is 11.5 Å². The van der Waals surface area contributed by atoms with E-state index in [9.17, 15) is 4.79 Å². The van der Waals surface area contributed by atoms with E-state index >= 15 is 0 Å². The van der Waals surface area contributed by atoms with E-state index in [-0.39, 0.29) is 5.78 Å². The summed E-state index contributed by atoms with van der Waals surface area (Å²) >= 11 is 6.08. The Bertz CT molecular complexity index is 798. The monoisotopic (exact) mass is 416 g/mol. The largest absolute Gasteiger partial charge is 0.289 e. The zero-order chi connectivity index (χ0) is 17.2. The van der Waals surface area contributed by atoms with E-state index in [0.29, 0.717) is 9.94 Å². The lowest BCUT2D eigenvalue weighted by Gasteiger charge is -2.01. The third-order valence-electron chi connectivity index (χ3n) is 2.84. The molecule has 0 spiro atoms. The van der Waals surface area contributed by atoms with Crippen LogP contribution in [0.3, 0.4) is 0 Å². The third-order valence-corrected chi connectivity index (χ3v) is 5.36. The lowest BCUT2D eigenvalue weighted by molar-refractivity contribution is 0.104. The second-order valence-corrected chi connectivity index (χ2v) is 7.58. The number of hydrogen-bond donors (Lipinski definition) is 0. The molecular formula is C18H13BrN2OS2. The first-order valence-electron chi connectivity index (χ1n) is 6.95. The molecule has 2 aromatic carbocycles. The maximum atomic E-state index is 12.1. The minimum absolute atomic E-state index is 0.0897. The van der Waals surface area contributed by atoms with Crippen LogP contribution in [-0.4, -0.2) is 10.2 Å². The van der Waals surface area contributed by atoms with Gasteiger partial charge in [0, 0.05) is 15.8 Å². The summed E-state index contributed by atoms with van der Waals surface area (Å²) in [5, 5.41) is 10.5. The molecule has 0 N–H and O–H groups in total. The standard InChI is InChI=1S/C18H13BrN2OS2/c19-16-8-4-7-15(11-16)17(22)9-10-23-18(21-13-20)24-12-14-5-2-1-3-6-14/h1-11H,12H2/b10-9+,21-18?. The van der Waals surface area contributed by atoms with Crippen molar-refractivity contribution in [3.63, 3.8) is 0 Å². The average molecular weight is 417 g/mol. The molecule has 0 saturated heterocycles. The predicted octanol–water partition coefficient (Wildman–Crippen LogP) is 5.65. The molecule has 0 aliphatic rings. The molecule has 2 rings (SSSR count). The van der Waals surface area contributed by atoms with Gasteiger partial charge >= 0.3 is 0 Å². The van der Waals surface area contributed by atoms with Crippen molar-refractivity contribution < 1.29 is 4.79 Å². The number of halogens is 1. The smallest absolute Gasteiger partial charge is 0.207 e. The topological polar surface area (TPSA) is 53.2 Å². The van der Waals surface area contributed by atoms with E-state index in [1.165, 1.54) is 29.6 Å². The minimum atomic E-state index is -0.0897. The maximum Gasteiger partial charge on any atom is 0.207 e. The maximum absolute atomic E-state index is 12.1. The Balaban J connectivity index is 1.92. The van der Waals surface area contributed by atoms with Gasteiger partial charge in [0.25, 0.3) is 0 Å². The molecule has 24 heavy (non-hydrogen) atoms. The van der Waals surface area contributed by atoms with Crippen LogP contribution < -0.4 is 0 Å². The van der Waals surface area contributed by atoms with Gasteiger partial charge in [-0.15, -0.1) is 0 Å². The fraction of sp³-hybridized carbons (Fsp3) is 0.0556. The summed E-state index contributed by atoms with van der Waals surface area (Å²) in [4.78, 5) is 15.9. The zero-order valence-corrected chi connectivity index (χ0v) is 15.8. The van der Waals surface area contributed by atoms with Gasteiger partial charge in [-0.25, -0.2) is 0 Å². The number of carbonyl (C=O) groups is 1. The molecular weight excluding hydrogens is 404 g/mol. The number of rotatable bonds is 5. The van der Waals surface area contributed by atoms with Crippen LogP contribution in [0.5, 0.6) is 0 Å². The van der Waals surface area contributed by atoms with Crippen LogP contribution in [0.2, 0.25) is 0 Å². The molecule has 6 heteroatoms. The number of nitrogens with zero attached hydrogens (tertiary/aromatic N) is 2. The highest BCUT2D eigenvalue weighted by atomic mass is 79.9. The fourth-order valence-electron chi connectivity index (χ4n) is 1.74. The predicted molar refractivity (Wildman–Crippen MR) is 106 cm³/mol. The number of benzene rings is 2. The van der Waals surface area contributed by atoms with Crippen LogP contribution in [0.1, 0.15) is 15.9 Å². The summed E-state index contributed by atoms with van der Waals surface area (Å²) in [6, 6.07) is 17.2. The highest BCUT2D eigenvalue weighted by Gasteiger charge is 2.04. The molecule has 0 unspecified atom stereocenters. The van der Waals surface area contributed by atoms with Gasteiger partial charge in [-0.1, -0.05) is 81.9 Å². The van der Waals surface area contributed by atoms with E-state index in [1.807, 2.05) is 42.5 Å². The van der Waals surface area contributed by atoms with E-state index in [4.69, 9.17) is 5.26 Å². The molecule has 0 atom stereocenters. The fourth-order valence-corrected chi connectivity index (χ4v) is 3.75. The van der Waals surface area contributed by atoms with E-state index in [1.54, 1.807) is 23.7 Å². The molecule has 0 saturated carbocycles. The van der Waals surface area contributed by atoms with Crippen molar-refractivity contribution in [1.82, 2.24) is 0 Å². The Hall–Kier alpha value is -1.81.